The molecule has 0 bridgehead atoms. The van der Waals surface area contributed by atoms with Crippen molar-refractivity contribution in [1.29, 1.82) is 0 Å². The third-order valence-electron chi connectivity index (χ3n) is 5.22. The smallest absolute Gasteiger partial charge is 0.247 e. The van der Waals surface area contributed by atoms with Gasteiger partial charge in [-0.3, -0.25) is 4.79 Å². The number of nitrogens with zero attached hydrogens (tertiary/aromatic N) is 1. The lowest BCUT2D eigenvalue weighted by molar-refractivity contribution is -0.145. The van der Waals surface area contributed by atoms with Crippen molar-refractivity contribution in [3.8, 4) is 0 Å². The quantitative estimate of drug-likeness (QED) is 0.784. The Bertz CT molecular complexity index is 803. The summed E-state index contributed by atoms with van der Waals surface area (Å²) in [5, 5.41) is 1.05. The van der Waals surface area contributed by atoms with E-state index in [1.807, 2.05) is 35.2 Å². The molecule has 2 aliphatic rings. The molecule has 1 aromatic heterocycles. The normalized spacial score (nSPS) is 21.9. The number of carbonyl (C=O) groups excluding carboxylic acids is 1. The molecule has 0 spiro atoms. The number of hydrogen-bond acceptors (Lipinski definition) is 4. The van der Waals surface area contributed by atoms with Crippen LogP contribution in [-0.2, 0) is 20.7 Å². The molecule has 1 amide bonds. The minimum atomic E-state index is -0.284. The van der Waals surface area contributed by atoms with E-state index >= 15 is 0 Å². The van der Waals surface area contributed by atoms with E-state index in [4.69, 9.17) is 13.9 Å². The molecule has 5 heteroatoms. The highest BCUT2D eigenvalue weighted by Crippen LogP contribution is 2.28. The largest absolute Gasteiger partial charge is 0.460 e. The highest BCUT2D eigenvalue weighted by atomic mass is 16.7. The SMILES string of the molecule is CCc1oc2ccccc2c1/C=C\C(=O)N1CCCC[C@H]1C1OCCO1. The van der Waals surface area contributed by atoms with Gasteiger partial charge in [0.1, 0.15) is 11.3 Å². The van der Waals surface area contributed by atoms with Gasteiger partial charge in [0, 0.05) is 30.0 Å². The zero-order valence-electron chi connectivity index (χ0n) is 15.1. The third-order valence-corrected chi connectivity index (χ3v) is 5.22. The van der Waals surface area contributed by atoms with Gasteiger partial charge in [0.15, 0.2) is 6.29 Å². The van der Waals surface area contributed by atoms with E-state index < -0.39 is 0 Å². The standard InChI is InChI=1S/C21H25NO4/c1-2-18-16(15-7-3-4-9-19(15)26-18)10-11-20(23)22-12-6-5-8-17(22)21-24-13-14-25-21/h3-4,7,9-11,17,21H,2,5-6,8,12-14H2,1H3/b11-10-/t17-/m0/s1. The summed E-state index contributed by atoms with van der Waals surface area (Å²) in [5.41, 5.74) is 1.86. The van der Waals surface area contributed by atoms with Gasteiger partial charge in [-0.2, -0.15) is 0 Å². The molecule has 2 saturated heterocycles. The number of benzene rings is 1. The molecule has 4 rings (SSSR count). The second-order valence-electron chi connectivity index (χ2n) is 6.83. The van der Waals surface area contributed by atoms with E-state index in [0.29, 0.717) is 13.2 Å². The summed E-state index contributed by atoms with van der Waals surface area (Å²) in [7, 11) is 0. The zero-order chi connectivity index (χ0) is 17.9. The van der Waals surface area contributed by atoms with Crippen molar-refractivity contribution in [2.75, 3.05) is 19.8 Å². The van der Waals surface area contributed by atoms with Crippen LogP contribution in [-0.4, -0.2) is 42.9 Å². The van der Waals surface area contributed by atoms with Crippen molar-refractivity contribution in [1.82, 2.24) is 4.90 Å². The number of fused-ring (bicyclic) bond motifs is 1. The topological polar surface area (TPSA) is 51.9 Å². The monoisotopic (exact) mass is 355 g/mol. The van der Waals surface area contributed by atoms with Crippen LogP contribution in [0.3, 0.4) is 0 Å². The highest BCUT2D eigenvalue weighted by Gasteiger charge is 2.35. The Morgan fingerprint density at radius 3 is 2.85 bits per heavy atom. The number of rotatable bonds is 4. The van der Waals surface area contributed by atoms with E-state index in [1.54, 1.807) is 6.08 Å². The van der Waals surface area contributed by atoms with E-state index in [-0.39, 0.29) is 18.2 Å². The van der Waals surface area contributed by atoms with Crippen LogP contribution >= 0.6 is 0 Å². The Hall–Kier alpha value is -2.11. The maximum atomic E-state index is 12.9. The summed E-state index contributed by atoms with van der Waals surface area (Å²) in [6.07, 6.45) is 7.13. The van der Waals surface area contributed by atoms with Crippen LogP contribution in [0.2, 0.25) is 0 Å². The predicted octanol–water partition coefficient (Wildman–Crippen LogP) is 3.76. The van der Waals surface area contributed by atoms with Crippen LogP contribution in [0.5, 0.6) is 0 Å². The highest BCUT2D eigenvalue weighted by molar-refractivity contribution is 5.96. The maximum Gasteiger partial charge on any atom is 0.247 e. The summed E-state index contributed by atoms with van der Waals surface area (Å²) in [6, 6.07) is 7.96. The Morgan fingerprint density at radius 1 is 1.23 bits per heavy atom. The molecule has 1 aromatic carbocycles. The lowest BCUT2D eigenvalue weighted by Gasteiger charge is -2.37. The molecule has 5 nitrogen and oxygen atoms in total. The van der Waals surface area contributed by atoms with Gasteiger partial charge < -0.3 is 18.8 Å². The van der Waals surface area contributed by atoms with Crippen molar-refractivity contribution in [3.05, 3.63) is 41.7 Å². The summed E-state index contributed by atoms with van der Waals surface area (Å²) in [4.78, 5) is 14.8. The summed E-state index contributed by atoms with van der Waals surface area (Å²) in [6.45, 7) is 4.04. The van der Waals surface area contributed by atoms with Crippen LogP contribution in [0, 0.1) is 0 Å². The number of amides is 1. The van der Waals surface area contributed by atoms with Crippen molar-refractivity contribution in [3.63, 3.8) is 0 Å². The number of piperidine rings is 1. The molecule has 3 heterocycles. The van der Waals surface area contributed by atoms with Gasteiger partial charge >= 0.3 is 0 Å². The summed E-state index contributed by atoms with van der Waals surface area (Å²) >= 11 is 0. The van der Waals surface area contributed by atoms with Crippen LogP contribution in [0.25, 0.3) is 17.0 Å². The van der Waals surface area contributed by atoms with Crippen LogP contribution in [0.15, 0.2) is 34.8 Å². The minimum absolute atomic E-state index is 0.00939. The molecule has 0 N–H and O–H groups in total. The molecule has 138 valence electrons. The fraction of sp³-hybridized carbons (Fsp3) is 0.476. The molecule has 0 saturated carbocycles. The van der Waals surface area contributed by atoms with Crippen molar-refractivity contribution < 1.29 is 18.7 Å². The van der Waals surface area contributed by atoms with E-state index in [9.17, 15) is 4.79 Å². The first kappa shape index (κ1) is 17.3. The number of ether oxygens (including phenoxy) is 2. The van der Waals surface area contributed by atoms with E-state index in [2.05, 4.69) is 6.92 Å². The van der Waals surface area contributed by atoms with Gasteiger partial charge in [0.2, 0.25) is 5.91 Å². The van der Waals surface area contributed by atoms with E-state index in [1.165, 1.54) is 0 Å². The summed E-state index contributed by atoms with van der Waals surface area (Å²) in [5.74, 6) is 0.925. The van der Waals surface area contributed by atoms with Crippen LogP contribution in [0.1, 0.15) is 37.5 Å². The molecule has 0 radical (unpaired) electrons. The first-order valence-electron chi connectivity index (χ1n) is 9.50. The lowest BCUT2D eigenvalue weighted by Crippen LogP contribution is -2.49. The average molecular weight is 355 g/mol. The lowest BCUT2D eigenvalue weighted by atomic mass is 10.0. The fourth-order valence-electron chi connectivity index (χ4n) is 3.92. The average Bonchev–Trinajstić information content (AvgIpc) is 3.34. The minimum Gasteiger partial charge on any atom is -0.460 e. The number of carbonyl (C=O) groups is 1. The van der Waals surface area contributed by atoms with Gasteiger partial charge in [-0.05, 0) is 31.4 Å². The molecule has 0 unspecified atom stereocenters. The fourth-order valence-corrected chi connectivity index (χ4v) is 3.92. The van der Waals surface area contributed by atoms with Crippen LogP contribution < -0.4 is 0 Å². The molecule has 2 fully saturated rings. The maximum absolute atomic E-state index is 12.9. The third kappa shape index (κ3) is 3.29. The predicted molar refractivity (Wildman–Crippen MR) is 99.7 cm³/mol. The Kier molecular flexibility index (Phi) is 5.09. The molecule has 0 aliphatic carbocycles. The Labute approximate surface area is 153 Å². The second kappa shape index (κ2) is 7.64. The summed E-state index contributed by atoms with van der Waals surface area (Å²) < 4.78 is 17.2. The van der Waals surface area contributed by atoms with E-state index in [0.717, 1.165) is 54.5 Å². The number of para-hydroxylation sites is 1. The Morgan fingerprint density at radius 2 is 2.04 bits per heavy atom. The second-order valence-corrected chi connectivity index (χ2v) is 6.83. The molecule has 1 atom stereocenters. The number of hydrogen-bond donors (Lipinski definition) is 0. The first-order chi connectivity index (χ1) is 12.8. The zero-order valence-corrected chi connectivity index (χ0v) is 15.1. The molecular weight excluding hydrogens is 330 g/mol. The van der Waals surface area contributed by atoms with Gasteiger partial charge in [-0.15, -0.1) is 0 Å². The van der Waals surface area contributed by atoms with Crippen molar-refractivity contribution in [2.24, 2.45) is 0 Å². The molecule has 2 aliphatic heterocycles. The Balaban J connectivity index is 1.57. The van der Waals surface area contributed by atoms with Gasteiger partial charge in [-0.1, -0.05) is 25.1 Å². The van der Waals surface area contributed by atoms with Gasteiger partial charge in [-0.25, -0.2) is 0 Å². The first-order valence-corrected chi connectivity index (χ1v) is 9.50. The van der Waals surface area contributed by atoms with Gasteiger partial charge in [0.25, 0.3) is 0 Å². The number of aryl methyl sites for hydroxylation is 1. The molecule has 26 heavy (non-hydrogen) atoms. The van der Waals surface area contributed by atoms with Crippen molar-refractivity contribution >= 4 is 23.0 Å². The number of likely N-dealkylation sites (tertiary alicyclic amines) is 1. The molecular formula is C21H25NO4. The number of furan rings is 1. The van der Waals surface area contributed by atoms with Crippen LogP contribution in [0.4, 0.5) is 0 Å². The molecule has 2 aromatic rings. The van der Waals surface area contributed by atoms with Crippen molar-refractivity contribution in [2.45, 2.75) is 44.9 Å². The van der Waals surface area contributed by atoms with Gasteiger partial charge in [0.05, 0.1) is 19.3 Å².